The van der Waals surface area contributed by atoms with Gasteiger partial charge in [0, 0.05) is 5.92 Å². The fourth-order valence-corrected chi connectivity index (χ4v) is 10.1. The minimum Gasteiger partial charge on any atom is -0.480 e. The molecule has 5 rings (SSSR count). The van der Waals surface area contributed by atoms with Crippen molar-refractivity contribution in [2.45, 2.75) is 50.1 Å². The molecule has 0 fully saturated rings. The molecule has 3 N–H and O–H groups in total. The topological polar surface area (TPSA) is 95.9 Å². The molecule has 4 aromatic rings. The fraction of sp³-hybridized carbons (Fsp3) is 0.257. The van der Waals surface area contributed by atoms with E-state index in [2.05, 4.69) is 17.4 Å². The number of nitrogens with one attached hydrogen (secondary N) is 1. The van der Waals surface area contributed by atoms with Crippen molar-refractivity contribution in [3.05, 3.63) is 120 Å². The van der Waals surface area contributed by atoms with Gasteiger partial charge in [0.05, 0.1) is 0 Å². The van der Waals surface area contributed by atoms with E-state index < -0.39 is 31.5 Å². The number of amides is 1. The van der Waals surface area contributed by atoms with Gasteiger partial charge in [-0.2, -0.15) is 0 Å². The summed E-state index contributed by atoms with van der Waals surface area (Å²) in [7, 11) is -3.21. The Hall–Kier alpha value is -4.20. The van der Waals surface area contributed by atoms with E-state index in [1.165, 1.54) is 0 Å². The second-order valence-electron chi connectivity index (χ2n) is 11.6. The van der Waals surface area contributed by atoms with E-state index in [1.54, 1.807) is 0 Å². The van der Waals surface area contributed by atoms with Crippen LogP contribution in [0.15, 0.2) is 109 Å². The average Bonchev–Trinajstić information content (AvgIpc) is 3.33. The number of aliphatic carboxylic acids is 1. The van der Waals surface area contributed by atoms with Crippen molar-refractivity contribution < 1.29 is 24.2 Å². The number of carboxylic acids is 1. The maximum atomic E-state index is 12.8. The molecule has 0 aliphatic heterocycles. The Balaban J connectivity index is 1.23. The Labute approximate surface area is 248 Å². The maximum Gasteiger partial charge on any atom is 0.407 e. The standard InChI is InChI=1S/C35H37NO5Si/c1-35(2,42(40,25-14-5-3-6-15-25)26-16-7-4-8-17-26)23-13-22-32(33(37)38)36-34(39)41-24-31-29-20-11-9-18-27(29)28-19-10-12-21-30(28)31/h3-12,14-21,31-32,40H,13,22-24H2,1-2H3,(H,36,39)(H,37,38)/t32-/m0/s1. The molecule has 1 aliphatic rings. The van der Waals surface area contributed by atoms with E-state index in [4.69, 9.17) is 4.74 Å². The first-order chi connectivity index (χ1) is 20.2. The highest BCUT2D eigenvalue weighted by molar-refractivity contribution is 6.98. The Morgan fingerprint density at radius 3 is 1.79 bits per heavy atom. The molecule has 42 heavy (non-hydrogen) atoms. The monoisotopic (exact) mass is 579 g/mol. The summed E-state index contributed by atoms with van der Waals surface area (Å²) in [4.78, 5) is 37.3. The van der Waals surface area contributed by atoms with Gasteiger partial charge in [0.25, 0.3) is 8.32 Å². The van der Waals surface area contributed by atoms with Gasteiger partial charge in [-0.3, -0.25) is 0 Å². The summed E-state index contributed by atoms with van der Waals surface area (Å²) in [5, 5.41) is 13.8. The van der Waals surface area contributed by atoms with Crippen molar-refractivity contribution >= 4 is 30.8 Å². The molecular weight excluding hydrogens is 542 g/mol. The van der Waals surface area contributed by atoms with Gasteiger partial charge in [0.15, 0.2) is 0 Å². The zero-order valence-electron chi connectivity index (χ0n) is 24.0. The van der Waals surface area contributed by atoms with Crippen LogP contribution < -0.4 is 15.7 Å². The average molecular weight is 580 g/mol. The van der Waals surface area contributed by atoms with Crippen LogP contribution in [0.3, 0.4) is 0 Å². The number of rotatable bonds is 11. The SMILES string of the molecule is CC(C)(CCC[C@H](NC(=O)OCC1c2ccccc2-c2ccccc21)C(=O)O)[Si](O)(c1ccccc1)c1ccccc1. The molecule has 0 bridgehead atoms. The van der Waals surface area contributed by atoms with E-state index in [0.29, 0.717) is 12.8 Å². The first-order valence-electron chi connectivity index (χ1n) is 14.4. The quantitative estimate of drug-likeness (QED) is 0.199. The van der Waals surface area contributed by atoms with Crippen LogP contribution in [0.5, 0.6) is 0 Å². The summed E-state index contributed by atoms with van der Waals surface area (Å²) < 4.78 is 5.59. The molecule has 216 valence electrons. The van der Waals surface area contributed by atoms with Gasteiger partial charge in [-0.15, -0.1) is 0 Å². The van der Waals surface area contributed by atoms with E-state index in [0.717, 1.165) is 32.6 Å². The third-order valence-corrected chi connectivity index (χ3v) is 13.1. The molecule has 4 aromatic carbocycles. The van der Waals surface area contributed by atoms with E-state index >= 15 is 0 Å². The molecule has 1 aliphatic carbocycles. The van der Waals surface area contributed by atoms with E-state index in [9.17, 15) is 19.5 Å². The van der Waals surface area contributed by atoms with Crippen LogP contribution in [0.1, 0.15) is 50.2 Å². The van der Waals surface area contributed by atoms with Crippen molar-refractivity contribution in [1.29, 1.82) is 0 Å². The van der Waals surface area contributed by atoms with Crippen molar-refractivity contribution in [1.82, 2.24) is 5.32 Å². The van der Waals surface area contributed by atoms with Gasteiger partial charge in [-0.05, 0) is 50.5 Å². The van der Waals surface area contributed by atoms with Crippen LogP contribution in [-0.2, 0) is 9.53 Å². The fourth-order valence-electron chi connectivity index (χ4n) is 6.28. The summed E-state index contributed by atoms with van der Waals surface area (Å²) in [6, 6.07) is 34.5. The highest BCUT2D eigenvalue weighted by Gasteiger charge is 2.49. The van der Waals surface area contributed by atoms with Gasteiger partial charge in [0.1, 0.15) is 12.6 Å². The predicted octanol–water partition coefficient (Wildman–Crippen LogP) is 5.68. The number of benzene rings is 4. The lowest BCUT2D eigenvalue weighted by atomic mass is 9.98. The summed E-state index contributed by atoms with van der Waals surface area (Å²) in [5.74, 6) is -1.22. The number of fused-ring (bicyclic) bond motifs is 3. The third kappa shape index (κ3) is 5.75. The Morgan fingerprint density at radius 2 is 1.29 bits per heavy atom. The summed E-state index contributed by atoms with van der Waals surface area (Å²) in [6.07, 6.45) is 0.554. The second-order valence-corrected chi connectivity index (χ2v) is 15.5. The molecule has 0 radical (unpaired) electrons. The molecule has 0 aromatic heterocycles. The van der Waals surface area contributed by atoms with Crippen LogP contribution in [0.2, 0.25) is 5.04 Å². The number of carbonyl (C=O) groups is 2. The van der Waals surface area contributed by atoms with Crippen LogP contribution in [0.4, 0.5) is 4.79 Å². The molecule has 0 unspecified atom stereocenters. The molecule has 7 heteroatoms. The molecule has 0 saturated heterocycles. The van der Waals surface area contributed by atoms with Gasteiger partial charge in [-0.1, -0.05) is 129 Å². The van der Waals surface area contributed by atoms with Crippen molar-refractivity contribution in [3.8, 4) is 11.1 Å². The summed E-state index contributed by atoms with van der Waals surface area (Å²) >= 11 is 0. The first kappa shape index (κ1) is 29.3. The number of hydrogen-bond donors (Lipinski definition) is 3. The van der Waals surface area contributed by atoms with Crippen molar-refractivity contribution in [2.24, 2.45) is 0 Å². The first-order valence-corrected chi connectivity index (χ1v) is 16.3. The minimum absolute atomic E-state index is 0.106. The van der Waals surface area contributed by atoms with Gasteiger partial charge in [-0.25, -0.2) is 9.59 Å². The highest BCUT2D eigenvalue weighted by atomic mass is 28.4. The molecule has 1 atom stereocenters. The van der Waals surface area contributed by atoms with Crippen molar-refractivity contribution in [3.63, 3.8) is 0 Å². The number of ether oxygens (including phenoxy) is 1. The lowest BCUT2D eigenvalue weighted by molar-refractivity contribution is -0.139. The number of carbonyl (C=O) groups excluding carboxylic acids is 1. The Morgan fingerprint density at radius 1 is 0.810 bits per heavy atom. The Bertz CT molecular complexity index is 1450. The molecule has 6 nitrogen and oxygen atoms in total. The summed E-state index contributed by atoms with van der Waals surface area (Å²) in [6.45, 7) is 4.22. The zero-order chi connectivity index (χ0) is 29.7. The van der Waals surface area contributed by atoms with Gasteiger partial charge >= 0.3 is 12.1 Å². The zero-order valence-corrected chi connectivity index (χ0v) is 25.0. The maximum absolute atomic E-state index is 12.8. The number of alkyl carbamates (subject to hydrolysis) is 1. The molecule has 1 amide bonds. The van der Waals surface area contributed by atoms with Crippen LogP contribution in [0.25, 0.3) is 11.1 Å². The molecular formula is C35H37NO5Si. The van der Waals surface area contributed by atoms with E-state index in [-0.39, 0.29) is 18.9 Å². The Kier molecular flexibility index (Phi) is 8.61. The third-order valence-electron chi connectivity index (χ3n) is 8.59. The van der Waals surface area contributed by atoms with Gasteiger partial charge < -0.3 is 20.0 Å². The molecule has 0 saturated carbocycles. The lowest BCUT2D eigenvalue weighted by Gasteiger charge is -2.41. The highest BCUT2D eigenvalue weighted by Crippen LogP contribution is 2.44. The number of carboxylic acid groups (broad SMARTS) is 1. The van der Waals surface area contributed by atoms with Crippen molar-refractivity contribution in [2.75, 3.05) is 6.61 Å². The second kappa shape index (κ2) is 12.3. The smallest absolute Gasteiger partial charge is 0.407 e. The largest absolute Gasteiger partial charge is 0.480 e. The van der Waals surface area contributed by atoms with Crippen LogP contribution in [0, 0.1) is 0 Å². The van der Waals surface area contributed by atoms with Crippen LogP contribution >= 0.6 is 0 Å². The molecule has 0 heterocycles. The normalized spacial score (nSPS) is 13.6. The van der Waals surface area contributed by atoms with E-state index in [1.807, 2.05) is 111 Å². The molecule has 0 spiro atoms. The lowest BCUT2D eigenvalue weighted by Crippen LogP contribution is -2.65. The minimum atomic E-state index is -3.21. The van der Waals surface area contributed by atoms with Crippen LogP contribution in [-0.4, -0.2) is 42.9 Å². The number of hydrogen-bond acceptors (Lipinski definition) is 4. The van der Waals surface area contributed by atoms with Gasteiger partial charge in [0.2, 0.25) is 0 Å². The predicted molar refractivity (Wildman–Crippen MR) is 168 cm³/mol. The summed E-state index contributed by atoms with van der Waals surface area (Å²) in [5.41, 5.74) is 4.44.